The van der Waals surface area contributed by atoms with E-state index in [0.717, 1.165) is 22.9 Å². The molecule has 0 amide bonds. The normalized spacial score (nSPS) is 24.6. The highest BCUT2D eigenvalue weighted by Gasteiger charge is 2.28. The molecule has 0 saturated heterocycles. The first-order valence-electron chi connectivity index (χ1n) is 5.36. The van der Waals surface area contributed by atoms with Gasteiger partial charge >= 0.3 is 0 Å². The van der Waals surface area contributed by atoms with Gasteiger partial charge in [0.25, 0.3) is 0 Å². The Balaban J connectivity index is 1.92. The Bertz CT molecular complexity index is 385. The highest BCUT2D eigenvalue weighted by Crippen LogP contribution is 2.36. The summed E-state index contributed by atoms with van der Waals surface area (Å²) in [6, 6.07) is 2.07. The summed E-state index contributed by atoms with van der Waals surface area (Å²) in [4.78, 5) is 0. The molecule has 3 nitrogen and oxygen atoms in total. The number of rotatable bonds is 3. The molecule has 1 aliphatic rings. The first-order valence-corrected chi connectivity index (χ1v) is 6.15. The van der Waals surface area contributed by atoms with Gasteiger partial charge in [0, 0.05) is 12.7 Å². The van der Waals surface area contributed by atoms with Crippen molar-refractivity contribution >= 4 is 15.9 Å². The summed E-state index contributed by atoms with van der Waals surface area (Å²) in [5, 5.41) is 13.0. The van der Waals surface area contributed by atoms with Gasteiger partial charge in [0.15, 0.2) is 5.69 Å². The zero-order valence-electron chi connectivity index (χ0n) is 8.78. The highest BCUT2D eigenvalue weighted by atomic mass is 79.9. The van der Waals surface area contributed by atoms with E-state index in [1.165, 1.54) is 19.3 Å². The Morgan fingerprint density at radius 3 is 2.87 bits per heavy atom. The molecule has 80 valence electrons. The van der Waals surface area contributed by atoms with E-state index in [1.807, 2.05) is 10.9 Å². The summed E-state index contributed by atoms with van der Waals surface area (Å²) in [7, 11) is 0. The molecule has 1 aromatic heterocycles. The average molecular weight is 268 g/mol. The molecule has 1 heterocycles. The van der Waals surface area contributed by atoms with Crippen molar-refractivity contribution in [2.24, 2.45) is 11.8 Å². The van der Waals surface area contributed by atoms with Crippen LogP contribution in [0, 0.1) is 23.2 Å². The van der Waals surface area contributed by atoms with Crippen molar-refractivity contribution in [2.45, 2.75) is 32.7 Å². The molecular formula is C11H14BrN3. The van der Waals surface area contributed by atoms with Gasteiger partial charge in [-0.05, 0) is 40.6 Å². The van der Waals surface area contributed by atoms with Crippen LogP contribution >= 0.6 is 15.9 Å². The van der Waals surface area contributed by atoms with Gasteiger partial charge in [-0.1, -0.05) is 13.3 Å². The standard InChI is InChI=1S/C11H14BrN3/c1-2-8-3-9(4-8)6-15-7-10(12)11(5-13)14-15/h7-9H,2-4,6H2,1H3. The molecule has 0 radical (unpaired) electrons. The van der Waals surface area contributed by atoms with E-state index in [2.05, 4.69) is 34.0 Å². The number of hydrogen-bond acceptors (Lipinski definition) is 2. The first kappa shape index (κ1) is 10.7. The van der Waals surface area contributed by atoms with Crippen molar-refractivity contribution in [2.75, 3.05) is 0 Å². The molecule has 15 heavy (non-hydrogen) atoms. The van der Waals surface area contributed by atoms with E-state index < -0.39 is 0 Å². The molecule has 2 rings (SSSR count). The summed E-state index contributed by atoms with van der Waals surface area (Å²) < 4.78 is 2.69. The van der Waals surface area contributed by atoms with Gasteiger partial charge in [-0.25, -0.2) is 0 Å². The van der Waals surface area contributed by atoms with E-state index >= 15 is 0 Å². The second-order valence-corrected chi connectivity index (χ2v) is 5.13. The Morgan fingerprint density at radius 2 is 2.33 bits per heavy atom. The van der Waals surface area contributed by atoms with E-state index in [-0.39, 0.29) is 0 Å². The van der Waals surface area contributed by atoms with Crippen LogP contribution in [0.2, 0.25) is 0 Å². The topological polar surface area (TPSA) is 41.6 Å². The quantitative estimate of drug-likeness (QED) is 0.845. The van der Waals surface area contributed by atoms with Gasteiger partial charge in [0.05, 0.1) is 4.47 Å². The summed E-state index contributed by atoms with van der Waals surface area (Å²) >= 11 is 3.33. The maximum atomic E-state index is 8.76. The molecule has 1 aliphatic carbocycles. The summed E-state index contributed by atoms with van der Waals surface area (Å²) in [5.74, 6) is 1.68. The van der Waals surface area contributed by atoms with Crippen molar-refractivity contribution < 1.29 is 0 Å². The number of aromatic nitrogens is 2. The Hall–Kier alpha value is -0.820. The lowest BCUT2D eigenvalue weighted by Crippen LogP contribution is -2.27. The summed E-state index contributed by atoms with van der Waals surface area (Å²) in [6.07, 6.45) is 5.83. The third-order valence-corrected chi connectivity index (χ3v) is 3.76. The molecule has 0 bridgehead atoms. The largest absolute Gasteiger partial charge is 0.270 e. The molecule has 1 aromatic rings. The molecule has 0 aliphatic heterocycles. The second kappa shape index (κ2) is 4.36. The number of nitrogens with zero attached hydrogens (tertiary/aromatic N) is 3. The zero-order valence-corrected chi connectivity index (χ0v) is 10.4. The monoisotopic (exact) mass is 267 g/mol. The molecule has 1 fully saturated rings. The number of nitriles is 1. The van der Waals surface area contributed by atoms with Crippen molar-refractivity contribution in [3.05, 3.63) is 16.4 Å². The van der Waals surface area contributed by atoms with E-state index in [9.17, 15) is 0 Å². The van der Waals surface area contributed by atoms with Crippen LogP contribution in [-0.2, 0) is 6.54 Å². The van der Waals surface area contributed by atoms with Gasteiger partial charge in [-0.2, -0.15) is 10.4 Å². The van der Waals surface area contributed by atoms with Crippen LogP contribution in [0.15, 0.2) is 10.7 Å². The lowest BCUT2D eigenvalue weighted by molar-refractivity contribution is 0.161. The van der Waals surface area contributed by atoms with Crippen molar-refractivity contribution in [1.82, 2.24) is 9.78 Å². The maximum Gasteiger partial charge on any atom is 0.176 e. The van der Waals surface area contributed by atoms with Gasteiger partial charge in [0.1, 0.15) is 6.07 Å². The molecule has 1 saturated carbocycles. The van der Waals surface area contributed by atoms with E-state index in [4.69, 9.17) is 5.26 Å². The third-order valence-electron chi connectivity index (χ3n) is 3.18. The minimum Gasteiger partial charge on any atom is -0.270 e. The van der Waals surface area contributed by atoms with Gasteiger partial charge < -0.3 is 0 Å². The van der Waals surface area contributed by atoms with Gasteiger partial charge in [0.2, 0.25) is 0 Å². The van der Waals surface area contributed by atoms with Crippen LogP contribution in [0.5, 0.6) is 0 Å². The van der Waals surface area contributed by atoms with Crippen LogP contribution in [-0.4, -0.2) is 9.78 Å². The molecule has 0 spiro atoms. The molecular weight excluding hydrogens is 254 g/mol. The lowest BCUT2D eigenvalue weighted by atomic mass is 9.74. The minimum atomic E-state index is 0.487. The van der Waals surface area contributed by atoms with E-state index in [1.54, 1.807) is 0 Å². The molecule has 0 aromatic carbocycles. The van der Waals surface area contributed by atoms with Crippen molar-refractivity contribution in [3.63, 3.8) is 0 Å². The molecule has 4 heteroatoms. The third kappa shape index (κ3) is 2.23. The van der Waals surface area contributed by atoms with E-state index in [0.29, 0.717) is 5.69 Å². The smallest absolute Gasteiger partial charge is 0.176 e. The van der Waals surface area contributed by atoms with Crippen LogP contribution in [0.3, 0.4) is 0 Å². The van der Waals surface area contributed by atoms with Crippen LogP contribution in [0.4, 0.5) is 0 Å². The van der Waals surface area contributed by atoms with Gasteiger partial charge in [-0.3, -0.25) is 4.68 Å². The SMILES string of the molecule is CCC1CC(Cn2cc(Br)c(C#N)n2)C1. The maximum absolute atomic E-state index is 8.76. The fourth-order valence-electron chi connectivity index (χ4n) is 2.19. The first-order chi connectivity index (χ1) is 7.22. The molecule has 0 atom stereocenters. The second-order valence-electron chi connectivity index (χ2n) is 4.27. The fraction of sp³-hybridized carbons (Fsp3) is 0.636. The molecule has 0 N–H and O–H groups in total. The predicted molar refractivity (Wildman–Crippen MR) is 61.1 cm³/mol. The van der Waals surface area contributed by atoms with Crippen LogP contribution < -0.4 is 0 Å². The average Bonchev–Trinajstić information content (AvgIpc) is 2.51. The molecule has 0 unspecified atom stereocenters. The fourth-order valence-corrected chi connectivity index (χ4v) is 2.59. The summed E-state index contributed by atoms with van der Waals surface area (Å²) in [5.41, 5.74) is 0.487. The minimum absolute atomic E-state index is 0.487. The zero-order chi connectivity index (χ0) is 10.8. The number of hydrogen-bond donors (Lipinski definition) is 0. The Morgan fingerprint density at radius 1 is 1.60 bits per heavy atom. The summed E-state index contributed by atoms with van der Waals surface area (Å²) in [6.45, 7) is 3.20. The predicted octanol–water partition coefficient (Wildman–Crippen LogP) is 2.95. The lowest BCUT2D eigenvalue weighted by Gasteiger charge is -2.34. The van der Waals surface area contributed by atoms with Crippen molar-refractivity contribution in [3.8, 4) is 6.07 Å². The van der Waals surface area contributed by atoms with Gasteiger partial charge in [-0.15, -0.1) is 0 Å². The Labute approximate surface area is 98.2 Å². The van der Waals surface area contributed by atoms with Crippen LogP contribution in [0.25, 0.3) is 0 Å². The Kier molecular flexibility index (Phi) is 3.11. The highest BCUT2D eigenvalue weighted by molar-refractivity contribution is 9.10. The van der Waals surface area contributed by atoms with Crippen molar-refractivity contribution in [1.29, 1.82) is 5.26 Å². The van der Waals surface area contributed by atoms with Crippen LogP contribution in [0.1, 0.15) is 31.9 Å². The number of halogens is 1.